The van der Waals surface area contributed by atoms with Gasteiger partial charge in [0.15, 0.2) is 6.61 Å². The molecule has 2 heterocycles. The molecule has 3 aromatic rings. The van der Waals surface area contributed by atoms with Crippen LogP contribution in [0.15, 0.2) is 42.5 Å². The maximum absolute atomic E-state index is 12.6. The number of rotatable bonds is 4. The Hall–Kier alpha value is -2.62. The van der Waals surface area contributed by atoms with Crippen molar-refractivity contribution in [1.82, 2.24) is 9.88 Å². The van der Waals surface area contributed by atoms with Gasteiger partial charge in [0.25, 0.3) is 5.91 Å². The van der Waals surface area contributed by atoms with Crippen LogP contribution in [-0.2, 0) is 4.79 Å². The van der Waals surface area contributed by atoms with Crippen molar-refractivity contribution in [2.75, 3.05) is 19.7 Å². The first-order valence-corrected chi connectivity index (χ1v) is 10.3. The number of nitrogens with zero attached hydrogens (tertiary/aromatic N) is 3. The summed E-state index contributed by atoms with van der Waals surface area (Å²) in [6, 6.07) is 14.9. The standard InChI is InChI=1S/C21H18ClN3O2S/c22-16-10-14(11-23)7-8-18(16)27-13-20(26)25-9-3-4-15(12-25)21-24-17-5-1-2-6-19(17)28-21/h1-2,5-8,10,15H,3-4,9,12-13H2/t15-/m0/s1. The zero-order valence-corrected chi connectivity index (χ0v) is 16.7. The summed E-state index contributed by atoms with van der Waals surface area (Å²) in [6.07, 6.45) is 1.98. The van der Waals surface area contributed by atoms with Crippen molar-refractivity contribution in [2.45, 2.75) is 18.8 Å². The SMILES string of the molecule is N#Cc1ccc(OCC(=O)N2CCC[C@H](c3nc4ccccc4s3)C2)c(Cl)c1. The van der Waals surface area contributed by atoms with E-state index in [1.165, 1.54) is 10.8 Å². The van der Waals surface area contributed by atoms with Crippen LogP contribution in [0.3, 0.4) is 0 Å². The second-order valence-electron chi connectivity index (χ2n) is 6.74. The molecule has 0 aliphatic carbocycles. The Morgan fingerprint density at radius 2 is 2.21 bits per heavy atom. The number of hydrogen-bond acceptors (Lipinski definition) is 5. The van der Waals surface area contributed by atoms with Crippen molar-refractivity contribution >= 4 is 39.1 Å². The highest BCUT2D eigenvalue weighted by atomic mass is 35.5. The van der Waals surface area contributed by atoms with E-state index in [4.69, 9.17) is 26.6 Å². The molecule has 0 saturated carbocycles. The summed E-state index contributed by atoms with van der Waals surface area (Å²) in [5, 5.41) is 10.3. The van der Waals surface area contributed by atoms with Crippen LogP contribution in [0.5, 0.6) is 5.75 Å². The second kappa shape index (κ2) is 8.17. The lowest BCUT2D eigenvalue weighted by atomic mass is 9.99. The molecule has 1 fully saturated rings. The number of fused-ring (bicyclic) bond motifs is 1. The van der Waals surface area contributed by atoms with Gasteiger partial charge in [0.2, 0.25) is 0 Å². The third kappa shape index (κ3) is 3.96. The van der Waals surface area contributed by atoms with Crippen molar-refractivity contribution in [3.63, 3.8) is 0 Å². The number of thiazole rings is 1. The highest BCUT2D eigenvalue weighted by Gasteiger charge is 2.27. The summed E-state index contributed by atoms with van der Waals surface area (Å²) in [5.74, 6) is 0.605. The van der Waals surface area contributed by atoms with Gasteiger partial charge < -0.3 is 9.64 Å². The van der Waals surface area contributed by atoms with Gasteiger partial charge in [-0.3, -0.25) is 4.79 Å². The third-order valence-corrected chi connectivity index (χ3v) is 6.34. The topological polar surface area (TPSA) is 66.2 Å². The molecule has 1 aliphatic rings. The molecule has 0 bridgehead atoms. The quantitative estimate of drug-likeness (QED) is 0.629. The third-order valence-electron chi connectivity index (χ3n) is 4.85. The highest BCUT2D eigenvalue weighted by molar-refractivity contribution is 7.18. The van der Waals surface area contributed by atoms with Crippen molar-refractivity contribution in [2.24, 2.45) is 0 Å². The Bertz CT molecular complexity index is 1030. The zero-order valence-electron chi connectivity index (χ0n) is 15.1. The molecule has 0 spiro atoms. The monoisotopic (exact) mass is 411 g/mol. The first-order chi connectivity index (χ1) is 13.6. The second-order valence-corrected chi connectivity index (χ2v) is 8.21. The Morgan fingerprint density at radius 3 is 3.00 bits per heavy atom. The zero-order chi connectivity index (χ0) is 19.5. The predicted molar refractivity (Wildman–Crippen MR) is 110 cm³/mol. The summed E-state index contributed by atoms with van der Waals surface area (Å²) in [5.41, 5.74) is 1.48. The van der Waals surface area contributed by atoms with E-state index in [0.717, 1.165) is 29.9 Å². The molecule has 2 aromatic carbocycles. The van der Waals surface area contributed by atoms with E-state index in [2.05, 4.69) is 6.07 Å². The van der Waals surface area contributed by atoms with E-state index in [1.54, 1.807) is 23.5 Å². The minimum absolute atomic E-state index is 0.0637. The lowest BCUT2D eigenvalue weighted by Crippen LogP contribution is -2.41. The minimum atomic E-state index is -0.0712. The predicted octanol–water partition coefficient (Wildman–Crippen LogP) is 4.61. The van der Waals surface area contributed by atoms with Crippen LogP contribution in [0.25, 0.3) is 10.2 Å². The molecule has 4 rings (SSSR count). The average molecular weight is 412 g/mol. The summed E-state index contributed by atoms with van der Waals surface area (Å²) < 4.78 is 6.78. The molecule has 0 radical (unpaired) electrons. The summed E-state index contributed by atoms with van der Waals surface area (Å²) in [7, 11) is 0. The number of aromatic nitrogens is 1. The van der Waals surface area contributed by atoms with Gasteiger partial charge in [-0.05, 0) is 43.2 Å². The largest absolute Gasteiger partial charge is 0.482 e. The molecule has 1 amide bonds. The van der Waals surface area contributed by atoms with Gasteiger partial charge >= 0.3 is 0 Å². The Labute approximate surface area is 172 Å². The first kappa shape index (κ1) is 18.7. The smallest absolute Gasteiger partial charge is 0.260 e. The summed E-state index contributed by atoms with van der Waals surface area (Å²) >= 11 is 7.82. The number of benzene rings is 2. The summed E-state index contributed by atoms with van der Waals surface area (Å²) in [6.45, 7) is 1.31. The van der Waals surface area contributed by atoms with Crippen LogP contribution in [0.2, 0.25) is 5.02 Å². The number of carbonyl (C=O) groups is 1. The van der Waals surface area contributed by atoms with Crippen LogP contribution >= 0.6 is 22.9 Å². The van der Waals surface area contributed by atoms with Crippen molar-refractivity contribution in [3.05, 3.63) is 58.1 Å². The molecule has 7 heteroatoms. The number of likely N-dealkylation sites (tertiary alicyclic amines) is 1. The van der Waals surface area contributed by atoms with Gasteiger partial charge in [-0.15, -0.1) is 11.3 Å². The molecule has 28 heavy (non-hydrogen) atoms. The Balaban J connectivity index is 1.40. The number of nitriles is 1. The molecule has 5 nitrogen and oxygen atoms in total. The van der Waals surface area contributed by atoms with Crippen LogP contribution in [0.4, 0.5) is 0 Å². The molecule has 0 N–H and O–H groups in total. The number of ether oxygens (including phenoxy) is 1. The number of hydrogen-bond donors (Lipinski definition) is 0. The van der Waals surface area contributed by atoms with Gasteiger partial charge in [-0.25, -0.2) is 4.98 Å². The first-order valence-electron chi connectivity index (χ1n) is 9.10. The number of para-hydroxylation sites is 1. The number of piperidine rings is 1. The van der Waals surface area contributed by atoms with Crippen LogP contribution in [0, 0.1) is 11.3 Å². The van der Waals surface area contributed by atoms with Crippen LogP contribution < -0.4 is 4.74 Å². The van der Waals surface area contributed by atoms with Gasteiger partial charge in [0.1, 0.15) is 5.75 Å². The molecule has 1 saturated heterocycles. The fourth-order valence-corrected chi connectivity index (χ4v) is 4.72. The maximum Gasteiger partial charge on any atom is 0.260 e. The lowest BCUT2D eigenvalue weighted by Gasteiger charge is -2.31. The van der Waals surface area contributed by atoms with E-state index in [-0.39, 0.29) is 18.4 Å². The fraction of sp³-hybridized carbons (Fsp3) is 0.286. The fourth-order valence-electron chi connectivity index (χ4n) is 3.39. The van der Waals surface area contributed by atoms with Gasteiger partial charge in [-0.2, -0.15) is 5.26 Å². The number of amides is 1. The normalized spacial score (nSPS) is 16.7. The van der Waals surface area contributed by atoms with Gasteiger partial charge in [-0.1, -0.05) is 23.7 Å². The lowest BCUT2D eigenvalue weighted by molar-refractivity contribution is -0.134. The van der Waals surface area contributed by atoms with Crippen LogP contribution in [0.1, 0.15) is 29.3 Å². The average Bonchev–Trinajstić information content (AvgIpc) is 3.17. The molecule has 142 valence electrons. The molecular formula is C21H18ClN3O2S. The molecule has 1 atom stereocenters. The van der Waals surface area contributed by atoms with E-state index in [9.17, 15) is 4.79 Å². The minimum Gasteiger partial charge on any atom is -0.482 e. The molecule has 1 aliphatic heterocycles. The van der Waals surface area contributed by atoms with Crippen molar-refractivity contribution < 1.29 is 9.53 Å². The molecular weight excluding hydrogens is 394 g/mol. The highest BCUT2D eigenvalue weighted by Crippen LogP contribution is 2.33. The van der Waals surface area contributed by atoms with E-state index >= 15 is 0 Å². The van der Waals surface area contributed by atoms with Crippen LogP contribution in [-0.4, -0.2) is 35.5 Å². The van der Waals surface area contributed by atoms with E-state index in [0.29, 0.717) is 22.9 Å². The van der Waals surface area contributed by atoms with E-state index < -0.39 is 0 Å². The number of carbonyl (C=O) groups excluding carboxylic acids is 1. The Morgan fingerprint density at radius 1 is 1.36 bits per heavy atom. The van der Waals surface area contributed by atoms with Crippen molar-refractivity contribution in [1.29, 1.82) is 5.26 Å². The van der Waals surface area contributed by atoms with Gasteiger partial charge in [0, 0.05) is 19.0 Å². The molecule has 1 aromatic heterocycles. The van der Waals surface area contributed by atoms with Crippen molar-refractivity contribution in [3.8, 4) is 11.8 Å². The Kier molecular flexibility index (Phi) is 5.47. The van der Waals surface area contributed by atoms with E-state index in [1.807, 2.05) is 29.2 Å². The number of halogens is 1. The maximum atomic E-state index is 12.6. The summed E-state index contributed by atoms with van der Waals surface area (Å²) in [4.78, 5) is 19.2. The van der Waals surface area contributed by atoms with Gasteiger partial charge in [0.05, 0.1) is 31.9 Å². The molecule has 0 unspecified atom stereocenters.